The summed E-state index contributed by atoms with van der Waals surface area (Å²) < 4.78 is 5.66. The van der Waals surface area contributed by atoms with Crippen molar-refractivity contribution in [3.63, 3.8) is 0 Å². The molecule has 2 N–H and O–H groups in total. The van der Waals surface area contributed by atoms with E-state index in [0.717, 1.165) is 23.1 Å². The van der Waals surface area contributed by atoms with Crippen LogP contribution in [0.4, 0.5) is 5.69 Å². The van der Waals surface area contributed by atoms with Gasteiger partial charge in [-0.3, -0.25) is 14.5 Å². The Morgan fingerprint density at radius 3 is 2.57 bits per heavy atom. The van der Waals surface area contributed by atoms with Crippen LogP contribution in [0.15, 0.2) is 53.4 Å². The fourth-order valence-electron chi connectivity index (χ4n) is 2.73. The zero-order valence-corrected chi connectivity index (χ0v) is 17.6. The van der Waals surface area contributed by atoms with Crippen molar-refractivity contribution >= 4 is 57.8 Å². The maximum atomic E-state index is 12.7. The summed E-state index contributed by atoms with van der Waals surface area (Å²) in [7, 11) is 0. The lowest BCUT2D eigenvalue weighted by atomic mass is 10.2. The predicted octanol–water partition coefficient (Wildman–Crippen LogP) is 3.62. The highest BCUT2D eigenvalue weighted by molar-refractivity contribution is 8.26. The minimum Gasteiger partial charge on any atom is -0.494 e. The fourth-order valence-corrected chi connectivity index (χ4v) is 3.98. The number of aromatic carboxylic acids is 1. The number of anilines is 1. The third-order valence-corrected chi connectivity index (χ3v) is 5.47. The third-order valence-electron chi connectivity index (χ3n) is 4.10. The van der Waals surface area contributed by atoms with Gasteiger partial charge in [0.05, 0.1) is 22.8 Å². The molecule has 154 valence electrons. The molecule has 0 unspecified atom stereocenters. The Hall–Kier alpha value is -3.17. The number of para-hydroxylation sites is 1. The second-order valence-electron chi connectivity index (χ2n) is 6.17. The van der Waals surface area contributed by atoms with Crippen LogP contribution in [-0.4, -0.2) is 45.3 Å². The molecular weight excluding hydrogens is 424 g/mol. The SMILES string of the molecule is CCOc1ccc(/C=C2\SC(=S)N(CC(=O)Nc3ccccc3C(=O)O)C2=O)cc1. The first-order valence-electron chi connectivity index (χ1n) is 8.99. The molecule has 1 saturated heterocycles. The second-order valence-corrected chi connectivity index (χ2v) is 7.84. The number of amides is 2. The molecule has 1 aliphatic heterocycles. The summed E-state index contributed by atoms with van der Waals surface area (Å²) in [5.74, 6) is -1.34. The molecular formula is C21H18N2O5S2. The first kappa shape index (κ1) is 21.5. The van der Waals surface area contributed by atoms with Crippen LogP contribution < -0.4 is 10.1 Å². The van der Waals surface area contributed by atoms with Gasteiger partial charge in [0, 0.05) is 0 Å². The average molecular weight is 443 g/mol. The zero-order valence-electron chi connectivity index (χ0n) is 16.0. The van der Waals surface area contributed by atoms with Crippen LogP contribution in [0.25, 0.3) is 6.08 Å². The Morgan fingerprint density at radius 1 is 1.20 bits per heavy atom. The Bertz CT molecular complexity index is 1030. The van der Waals surface area contributed by atoms with Crippen molar-refractivity contribution in [2.45, 2.75) is 6.92 Å². The van der Waals surface area contributed by atoms with E-state index in [1.54, 1.807) is 18.2 Å². The van der Waals surface area contributed by atoms with Gasteiger partial charge in [0.15, 0.2) is 0 Å². The van der Waals surface area contributed by atoms with E-state index in [1.165, 1.54) is 17.0 Å². The maximum absolute atomic E-state index is 12.7. The molecule has 0 saturated carbocycles. The summed E-state index contributed by atoms with van der Waals surface area (Å²) in [6.07, 6.45) is 1.70. The fraction of sp³-hybridized carbons (Fsp3) is 0.143. The molecule has 2 aromatic rings. The van der Waals surface area contributed by atoms with E-state index < -0.39 is 11.9 Å². The van der Waals surface area contributed by atoms with E-state index in [9.17, 15) is 19.5 Å². The molecule has 0 aliphatic carbocycles. The molecule has 2 aromatic carbocycles. The number of hydrogen-bond acceptors (Lipinski definition) is 6. The predicted molar refractivity (Wildman–Crippen MR) is 120 cm³/mol. The topological polar surface area (TPSA) is 95.9 Å². The van der Waals surface area contributed by atoms with Crippen LogP contribution in [-0.2, 0) is 9.59 Å². The van der Waals surface area contributed by atoms with Crippen LogP contribution in [0.2, 0.25) is 0 Å². The van der Waals surface area contributed by atoms with Gasteiger partial charge in [-0.05, 0) is 42.8 Å². The zero-order chi connectivity index (χ0) is 21.7. The summed E-state index contributed by atoms with van der Waals surface area (Å²) in [6, 6.07) is 13.3. The van der Waals surface area contributed by atoms with E-state index >= 15 is 0 Å². The summed E-state index contributed by atoms with van der Waals surface area (Å²) in [5.41, 5.74) is 0.927. The Labute approximate surface area is 182 Å². The molecule has 2 amide bonds. The smallest absolute Gasteiger partial charge is 0.337 e. The van der Waals surface area contributed by atoms with Crippen LogP contribution in [0.3, 0.4) is 0 Å². The Morgan fingerprint density at radius 2 is 1.90 bits per heavy atom. The van der Waals surface area contributed by atoms with Gasteiger partial charge in [-0.2, -0.15) is 0 Å². The van der Waals surface area contributed by atoms with E-state index in [4.69, 9.17) is 17.0 Å². The van der Waals surface area contributed by atoms with Crippen LogP contribution >= 0.6 is 24.0 Å². The molecule has 0 aromatic heterocycles. The number of thiocarbonyl (C=S) groups is 1. The van der Waals surface area contributed by atoms with Crippen molar-refractivity contribution in [1.82, 2.24) is 4.90 Å². The Balaban J connectivity index is 1.69. The number of ether oxygens (including phenoxy) is 1. The van der Waals surface area contributed by atoms with Crippen LogP contribution in [0.1, 0.15) is 22.8 Å². The van der Waals surface area contributed by atoms with E-state index in [1.807, 2.05) is 31.2 Å². The van der Waals surface area contributed by atoms with Gasteiger partial charge in [0.1, 0.15) is 16.6 Å². The Kier molecular flexibility index (Phi) is 6.86. The van der Waals surface area contributed by atoms with E-state index in [-0.39, 0.29) is 28.0 Å². The van der Waals surface area contributed by atoms with Gasteiger partial charge in [-0.25, -0.2) is 4.79 Å². The quantitative estimate of drug-likeness (QED) is 0.499. The third kappa shape index (κ3) is 5.05. The molecule has 7 nitrogen and oxygen atoms in total. The molecule has 3 rings (SSSR count). The molecule has 9 heteroatoms. The number of hydrogen-bond donors (Lipinski definition) is 2. The molecule has 0 radical (unpaired) electrons. The molecule has 1 heterocycles. The molecule has 1 aliphatic rings. The molecule has 1 fully saturated rings. The van der Waals surface area contributed by atoms with Gasteiger partial charge in [0.25, 0.3) is 5.91 Å². The molecule has 0 spiro atoms. The minimum atomic E-state index is -1.16. The summed E-state index contributed by atoms with van der Waals surface area (Å²) >= 11 is 6.36. The van der Waals surface area contributed by atoms with Crippen molar-refractivity contribution < 1.29 is 24.2 Å². The summed E-state index contributed by atoms with van der Waals surface area (Å²) in [6.45, 7) is 2.16. The normalized spacial score (nSPS) is 14.8. The first-order valence-corrected chi connectivity index (χ1v) is 10.2. The van der Waals surface area contributed by atoms with Gasteiger partial charge < -0.3 is 15.2 Å². The first-order chi connectivity index (χ1) is 14.4. The number of carbonyl (C=O) groups is 3. The number of carbonyl (C=O) groups excluding carboxylic acids is 2. The molecule has 0 atom stereocenters. The van der Waals surface area contributed by atoms with Gasteiger partial charge >= 0.3 is 5.97 Å². The lowest BCUT2D eigenvalue weighted by molar-refractivity contribution is -0.126. The number of benzene rings is 2. The lowest BCUT2D eigenvalue weighted by Crippen LogP contribution is -2.36. The number of nitrogens with zero attached hydrogens (tertiary/aromatic N) is 1. The highest BCUT2D eigenvalue weighted by Gasteiger charge is 2.33. The standard InChI is InChI=1S/C21H18N2O5S2/c1-2-28-14-9-7-13(8-10-14)11-17-19(25)23(21(29)30-17)12-18(24)22-16-6-4-3-5-15(16)20(26)27/h3-11H,2,12H2,1H3,(H,22,24)(H,26,27)/b17-11-. The largest absolute Gasteiger partial charge is 0.494 e. The number of carboxylic acids is 1. The highest BCUT2D eigenvalue weighted by atomic mass is 32.2. The minimum absolute atomic E-state index is 0.0355. The summed E-state index contributed by atoms with van der Waals surface area (Å²) in [5, 5.41) is 11.7. The summed E-state index contributed by atoms with van der Waals surface area (Å²) in [4.78, 5) is 38.0. The number of carboxylic acid groups (broad SMARTS) is 1. The van der Waals surface area contributed by atoms with Gasteiger partial charge in [-0.1, -0.05) is 48.2 Å². The monoisotopic (exact) mass is 442 g/mol. The average Bonchev–Trinajstić information content (AvgIpc) is 2.97. The van der Waals surface area contributed by atoms with E-state index in [2.05, 4.69) is 5.32 Å². The van der Waals surface area contributed by atoms with Crippen molar-refractivity contribution in [2.75, 3.05) is 18.5 Å². The van der Waals surface area contributed by atoms with E-state index in [0.29, 0.717) is 11.5 Å². The van der Waals surface area contributed by atoms with Crippen molar-refractivity contribution in [3.05, 3.63) is 64.6 Å². The number of nitrogens with one attached hydrogen (secondary N) is 1. The maximum Gasteiger partial charge on any atom is 0.337 e. The van der Waals surface area contributed by atoms with Crippen molar-refractivity contribution in [2.24, 2.45) is 0 Å². The highest BCUT2D eigenvalue weighted by Crippen LogP contribution is 2.32. The van der Waals surface area contributed by atoms with Crippen LogP contribution in [0.5, 0.6) is 5.75 Å². The number of rotatable bonds is 7. The lowest BCUT2D eigenvalue weighted by Gasteiger charge is -2.15. The van der Waals surface area contributed by atoms with Gasteiger partial charge in [0.2, 0.25) is 5.91 Å². The number of thioether (sulfide) groups is 1. The van der Waals surface area contributed by atoms with Crippen molar-refractivity contribution in [1.29, 1.82) is 0 Å². The second kappa shape index (κ2) is 9.55. The molecule has 30 heavy (non-hydrogen) atoms. The molecule has 0 bridgehead atoms. The van der Waals surface area contributed by atoms with Gasteiger partial charge in [-0.15, -0.1) is 0 Å². The van der Waals surface area contributed by atoms with Crippen molar-refractivity contribution in [3.8, 4) is 5.75 Å². The van der Waals surface area contributed by atoms with Crippen LogP contribution in [0, 0.1) is 0 Å².